The largest absolute Gasteiger partial charge is 0.481 e. The number of hydrogen-bond donors (Lipinski definition) is 1. The standard InChI is InChI=1S/C32H62O4/c1-3-5-7-8-9-10-11-12-13-14-15-16-17-18-19-20-21-25-29-32(35)36-30(26-6-4-2)27-23-22-24-28-31(33)34/h30H,3-29H2,1-2H3,(H,33,34). The van der Waals surface area contributed by atoms with Gasteiger partial charge in [-0.15, -0.1) is 0 Å². The highest BCUT2D eigenvalue weighted by atomic mass is 16.5. The summed E-state index contributed by atoms with van der Waals surface area (Å²) in [6, 6.07) is 0. The van der Waals surface area contributed by atoms with Crippen LogP contribution in [0.25, 0.3) is 0 Å². The van der Waals surface area contributed by atoms with Crippen molar-refractivity contribution in [3.05, 3.63) is 0 Å². The van der Waals surface area contributed by atoms with Gasteiger partial charge in [-0.25, -0.2) is 0 Å². The second kappa shape index (κ2) is 28.5. The molecule has 214 valence electrons. The smallest absolute Gasteiger partial charge is 0.306 e. The number of unbranched alkanes of at least 4 members (excludes halogenated alkanes) is 20. The Morgan fingerprint density at radius 3 is 1.31 bits per heavy atom. The van der Waals surface area contributed by atoms with Gasteiger partial charge in [0.05, 0.1) is 0 Å². The van der Waals surface area contributed by atoms with Crippen molar-refractivity contribution in [1.29, 1.82) is 0 Å². The average Bonchev–Trinajstić information content (AvgIpc) is 2.86. The van der Waals surface area contributed by atoms with Crippen molar-refractivity contribution < 1.29 is 19.4 Å². The van der Waals surface area contributed by atoms with Gasteiger partial charge in [-0.05, 0) is 32.1 Å². The number of carboxylic acid groups (broad SMARTS) is 1. The summed E-state index contributed by atoms with van der Waals surface area (Å²) in [5.74, 6) is -0.772. The molecule has 36 heavy (non-hydrogen) atoms. The van der Waals surface area contributed by atoms with Crippen LogP contribution in [0.5, 0.6) is 0 Å². The lowest BCUT2D eigenvalue weighted by molar-refractivity contribution is -0.150. The monoisotopic (exact) mass is 510 g/mol. The van der Waals surface area contributed by atoms with E-state index >= 15 is 0 Å². The summed E-state index contributed by atoms with van der Waals surface area (Å²) < 4.78 is 5.76. The maximum Gasteiger partial charge on any atom is 0.306 e. The van der Waals surface area contributed by atoms with Gasteiger partial charge in [-0.2, -0.15) is 0 Å². The number of hydrogen-bond acceptors (Lipinski definition) is 3. The van der Waals surface area contributed by atoms with Crippen LogP contribution in [-0.4, -0.2) is 23.1 Å². The van der Waals surface area contributed by atoms with Crippen molar-refractivity contribution in [3.63, 3.8) is 0 Å². The van der Waals surface area contributed by atoms with Crippen molar-refractivity contribution >= 4 is 11.9 Å². The van der Waals surface area contributed by atoms with E-state index in [9.17, 15) is 9.59 Å². The van der Waals surface area contributed by atoms with E-state index in [2.05, 4.69) is 13.8 Å². The van der Waals surface area contributed by atoms with Crippen LogP contribution in [0.1, 0.15) is 187 Å². The minimum atomic E-state index is -0.728. The fraction of sp³-hybridized carbons (Fsp3) is 0.938. The van der Waals surface area contributed by atoms with E-state index in [-0.39, 0.29) is 18.5 Å². The lowest BCUT2D eigenvalue weighted by Gasteiger charge is -2.17. The number of rotatable bonds is 29. The van der Waals surface area contributed by atoms with Gasteiger partial charge in [0.15, 0.2) is 0 Å². The SMILES string of the molecule is CCCCCCCCCCCCCCCCCCCCC(=O)OC(CCCC)CCCCCC(=O)O. The molecule has 4 heteroatoms. The summed E-state index contributed by atoms with van der Waals surface area (Å²) >= 11 is 0. The van der Waals surface area contributed by atoms with E-state index in [0.717, 1.165) is 51.4 Å². The van der Waals surface area contributed by atoms with E-state index < -0.39 is 5.97 Å². The Balaban J connectivity index is 3.51. The quantitative estimate of drug-likeness (QED) is 0.0802. The van der Waals surface area contributed by atoms with Crippen LogP contribution in [0.4, 0.5) is 0 Å². The van der Waals surface area contributed by atoms with Gasteiger partial charge in [0.2, 0.25) is 0 Å². The number of carbonyl (C=O) groups is 2. The zero-order valence-electron chi connectivity index (χ0n) is 24.3. The molecule has 0 rings (SSSR count). The Kier molecular flexibility index (Phi) is 27.7. The molecule has 0 aliphatic rings. The molecule has 0 bridgehead atoms. The average molecular weight is 511 g/mol. The molecule has 4 nitrogen and oxygen atoms in total. The molecule has 0 heterocycles. The van der Waals surface area contributed by atoms with E-state index in [1.807, 2.05) is 0 Å². The second-order valence-electron chi connectivity index (χ2n) is 11.0. The van der Waals surface area contributed by atoms with Crippen molar-refractivity contribution in [2.45, 2.75) is 193 Å². The molecule has 0 radical (unpaired) electrons. The molecule has 0 aliphatic carbocycles. The van der Waals surface area contributed by atoms with Gasteiger partial charge in [-0.3, -0.25) is 9.59 Å². The van der Waals surface area contributed by atoms with Crippen molar-refractivity contribution in [3.8, 4) is 0 Å². The normalized spacial score (nSPS) is 12.1. The molecule has 0 aromatic heterocycles. The summed E-state index contributed by atoms with van der Waals surface area (Å²) in [6.07, 6.45) is 31.6. The van der Waals surface area contributed by atoms with Gasteiger partial charge in [0.25, 0.3) is 0 Å². The van der Waals surface area contributed by atoms with Gasteiger partial charge in [0.1, 0.15) is 6.10 Å². The topological polar surface area (TPSA) is 63.6 Å². The number of esters is 1. The second-order valence-corrected chi connectivity index (χ2v) is 11.0. The maximum atomic E-state index is 12.3. The molecular weight excluding hydrogens is 448 g/mol. The molecule has 1 N–H and O–H groups in total. The van der Waals surface area contributed by atoms with Crippen LogP contribution in [0.3, 0.4) is 0 Å². The van der Waals surface area contributed by atoms with Crippen molar-refractivity contribution in [1.82, 2.24) is 0 Å². The van der Waals surface area contributed by atoms with Gasteiger partial charge in [-0.1, -0.05) is 142 Å². The molecule has 1 unspecified atom stereocenters. The third-order valence-corrected chi connectivity index (χ3v) is 7.33. The number of carboxylic acids is 1. The highest BCUT2D eigenvalue weighted by Gasteiger charge is 2.14. The predicted molar refractivity (Wildman–Crippen MR) is 154 cm³/mol. The Morgan fingerprint density at radius 2 is 0.861 bits per heavy atom. The van der Waals surface area contributed by atoms with Gasteiger partial charge in [0, 0.05) is 12.8 Å². The maximum absolute atomic E-state index is 12.3. The van der Waals surface area contributed by atoms with E-state index in [1.54, 1.807) is 0 Å². The zero-order valence-corrected chi connectivity index (χ0v) is 24.3. The molecule has 0 aromatic rings. The fourth-order valence-corrected chi connectivity index (χ4v) is 4.93. The molecule has 0 spiro atoms. The van der Waals surface area contributed by atoms with E-state index in [0.29, 0.717) is 12.8 Å². The summed E-state index contributed by atoms with van der Waals surface area (Å²) in [5, 5.41) is 8.73. The Bertz CT molecular complexity index is 477. The van der Waals surface area contributed by atoms with Crippen LogP contribution < -0.4 is 0 Å². The zero-order chi connectivity index (χ0) is 26.5. The minimum Gasteiger partial charge on any atom is -0.481 e. The summed E-state index contributed by atoms with van der Waals surface area (Å²) in [5.41, 5.74) is 0. The van der Waals surface area contributed by atoms with Gasteiger partial charge >= 0.3 is 11.9 Å². The van der Waals surface area contributed by atoms with Gasteiger partial charge < -0.3 is 9.84 Å². The molecule has 0 aromatic carbocycles. The molecule has 0 amide bonds. The summed E-state index contributed by atoms with van der Waals surface area (Å²) in [4.78, 5) is 22.9. The highest BCUT2D eigenvalue weighted by Crippen LogP contribution is 2.17. The molecule has 0 saturated heterocycles. The fourth-order valence-electron chi connectivity index (χ4n) is 4.93. The molecule has 0 fully saturated rings. The Labute approximate surface area is 224 Å². The van der Waals surface area contributed by atoms with Crippen LogP contribution in [0.2, 0.25) is 0 Å². The number of carbonyl (C=O) groups excluding carboxylic acids is 1. The first-order valence-corrected chi connectivity index (χ1v) is 16.0. The van der Waals surface area contributed by atoms with E-state index in [4.69, 9.17) is 9.84 Å². The lowest BCUT2D eigenvalue weighted by Crippen LogP contribution is -2.18. The molecular formula is C32H62O4. The molecule has 0 aliphatic heterocycles. The van der Waals surface area contributed by atoms with Crippen LogP contribution in [0, 0.1) is 0 Å². The summed E-state index contributed by atoms with van der Waals surface area (Å²) in [6.45, 7) is 4.44. The van der Waals surface area contributed by atoms with Crippen LogP contribution >= 0.6 is 0 Å². The lowest BCUT2D eigenvalue weighted by atomic mass is 10.0. The first kappa shape index (κ1) is 34.9. The van der Waals surface area contributed by atoms with Crippen LogP contribution in [-0.2, 0) is 14.3 Å². The first-order valence-electron chi connectivity index (χ1n) is 16.0. The Hall–Kier alpha value is -1.06. The highest BCUT2D eigenvalue weighted by molar-refractivity contribution is 5.69. The van der Waals surface area contributed by atoms with E-state index in [1.165, 1.54) is 103 Å². The Morgan fingerprint density at radius 1 is 0.500 bits per heavy atom. The molecule has 0 saturated carbocycles. The van der Waals surface area contributed by atoms with Crippen LogP contribution in [0.15, 0.2) is 0 Å². The third kappa shape index (κ3) is 27.5. The molecule has 1 atom stereocenters. The number of aliphatic carboxylic acids is 1. The summed E-state index contributed by atoms with van der Waals surface area (Å²) in [7, 11) is 0. The number of ether oxygens (including phenoxy) is 1. The third-order valence-electron chi connectivity index (χ3n) is 7.33. The predicted octanol–water partition coefficient (Wildman–Crippen LogP) is 10.6. The minimum absolute atomic E-state index is 0.0119. The van der Waals surface area contributed by atoms with Crippen molar-refractivity contribution in [2.75, 3.05) is 0 Å². The van der Waals surface area contributed by atoms with Crippen molar-refractivity contribution in [2.24, 2.45) is 0 Å². The first-order chi connectivity index (χ1) is 17.6.